The van der Waals surface area contributed by atoms with Crippen LogP contribution >= 0.6 is 0 Å². The van der Waals surface area contributed by atoms with Crippen LogP contribution in [0.15, 0.2) is 0 Å². The number of nitrogens with zero attached hydrogens (tertiary/aromatic N) is 1. The summed E-state index contributed by atoms with van der Waals surface area (Å²) in [5.41, 5.74) is 4.94. The van der Waals surface area contributed by atoms with Crippen molar-refractivity contribution in [1.82, 2.24) is 4.90 Å². The third-order valence-corrected chi connectivity index (χ3v) is 2.65. The molecule has 0 aromatic rings. The fourth-order valence-electron chi connectivity index (χ4n) is 1.98. The summed E-state index contributed by atoms with van der Waals surface area (Å²) in [5.74, 6) is 0. The Hall–Kier alpha value is -0.850. The third-order valence-electron chi connectivity index (χ3n) is 2.65. The van der Waals surface area contributed by atoms with Gasteiger partial charge in [-0.3, -0.25) is 4.90 Å². The molecular weight excluding hydrogens is 224 g/mol. The second kappa shape index (κ2) is 5.66. The summed E-state index contributed by atoms with van der Waals surface area (Å²) >= 11 is 0. The van der Waals surface area contributed by atoms with Crippen LogP contribution in [0.25, 0.3) is 0 Å². The molecule has 1 saturated heterocycles. The van der Waals surface area contributed by atoms with Crippen LogP contribution < -0.4 is 5.73 Å². The number of amides is 1. The molecule has 0 atom stereocenters. The van der Waals surface area contributed by atoms with E-state index >= 15 is 0 Å². The Balaban J connectivity index is 2.59. The van der Waals surface area contributed by atoms with Gasteiger partial charge in [-0.2, -0.15) is 0 Å². The van der Waals surface area contributed by atoms with Crippen LogP contribution in [0.3, 0.4) is 0 Å². The van der Waals surface area contributed by atoms with Gasteiger partial charge >= 0.3 is 6.09 Å². The zero-order valence-electron chi connectivity index (χ0n) is 10.7. The lowest BCUT2D eigenvalue weighted by Crippen LogP contribution is -2.57. The topological polar surface area (TPSA) is 85.0 Å². The quantitative estimate of drug-likeness (QED) is 0.771. The van der Waals surface area contributed by atoms with Gasteiger partial charge in [0.1, 0.15) is 0 Å². The molecule has 1 heterocycles. The van der Waals surface area contributed by atoms with Crippen LogP contribution in [0, 0.1) is 0 Å². The highest BCUT2D eigenvalue weighted by atomic mass is 16.7. The summed E-state index contributed by atoms with van der Waals surface area (Å²) in [6, 6.07) is -0.262. The number of hydrogen-bond acceptors (Lipinski definition) is 4. The first-order valence-corrected chi connectivity index (χ1v) is 5.81. The summed E-state index contributed by atoms with van der Waals surface area (Å²) in [5, 5.41) is 9.23. The molecule has 0 spiro atoms. The first kappa shape index (κ1) is 14.2. The zero-order valence-corrected chi connectivity index (χ0v) is 10.7. The van der Waals surface area contributed by atoms with Gasteiger partial charge in [-0.05, 0) is 27.3 Å². The van der Waals surface area contributed by atoms with Gasteiger partial charge < -0.3 is 20.3 Å². The third kappa shape index (κ3) is 3.83. The Morgan fingerprint density at radius 1 is 1.41 bits per heavy atom. The molecule has 6 heteroatoms. The van der Waals surface area contributed by atoms with E-state index in [2.05, 4.69) is 0 Å². The van der Waals surface area contributed by atoms with E-state index in [-0.39, 0.29) is 12.3 Å². The molecular formula is C11H22N2O4. The maximum Gasteiger partial charge on any atom is 0.408 e. The van der Waals surface area contributed by atoms with E-state index in [1.54, 1.807) is 0 Å². The number of ether oxygens (including phenoxy) is 2. The lowest BCUT2D eigenvalue weighted by atomic mass is 10.0. The van der Waals surface area contributed by atoms with Gasteiger partial charge in [0.05, 0.1) is 19.3 Å². The molecule has 3 N–H and O–H groups in total. The van der Waals surface area contributed by atoms with E-state index in [4.69, 9.17) is 15.2 Å². The summed E-state index contributed by atoms with van der Waals surface area (Å²) in [4.78, 5) is 12.6. The SMILES string of the molecule is CC(C)(C)N(C(=O)O)C1COC(CCN)OC1. The van der Waals surface area contributed by atoms with Crippen molar-refractivity contribution in [1.29, 1.82) is 0 Å². The maximum absolute atomic E-state index is 11.2. The Labute approximate surface area is 102 Å². The second-order valence-corrected chi connectivity index (χ2v) is 5.15. The predicted octanol–water partition coefficient (Wildman–Crippen LogP) is 0.855. The van der Waals surface area contributed by atoms with Gasteiger partial charge in [0, 0.05) is 12.0 Å². The number of nitrogens with two attached hydrogens (primary N) is 1. The molecule has 0 aliphatic carbocycles. The van der Waals surface area contributed by atoms with Crippen molar-refractivity contribution < 1.29 is 19.4 Å². The number of carboxylic acid groups (broad SMARTS) is 1. The highest BCUT2D eigenvalue weighted by Gasteiger charge is 2.36. The van der Waals surface area contributed by atoms with Crippen LogP contribution in [0.1, 0.15) is 27.2 Å². The van der Waals surface area contributed by atoms with Crippen molar-refractivity contribution in [2.24, 2.45) is 5.73 Å². The lowest BCUT2D eigenvalue weighted by Gasteiger charge is -2.42. The van der Waals surface area contributed by atoms with Gasteiger partial charge in [-0.15, -0.1) is 0 Å². The molecule has 1 fully saturated rings. The summed E-state index contributed by atoms with van der Waals surface area (Å²) < 4.78 is 10.9. The minimum Gasteiger partial charge on any atom is -0.465 e. The Morgan fingerprint density at radius 3 is 2.29 bits per heavy atom. The van der Waals surface area contributed by atoms with Crippen LogP contribution in [0.4, 0.5) is 4.79 Å². The van der Waals surface area contributed by atoms with Gasteiger partial charge in [-0.1, -0.05) is 0 Å². The van der Waals surface area contributed by atoms with Crippen molar-refractivity contribution in [3.63, 3.8) is 0 Å². The van der Waals surface area contributed by atoms with E-state index < -0.39 is 11.6 Å². The summed E-state index contributed by atoms with van der Waals surface area (Å²) in [6.07, 6.45) is -0.617. The van der Waals surface area contributed by atoms with Crippen LogP contribution in [-0.4, -0.2) is 53.7 Å². The smallest absolute Gasteiger partial charge is 0.408 e. The molecule has 0 aromatic carbocycles. The summed E-state index contributed by atoms with van der Waals surface area (Å²) in [6.45, 7) is 6.77. The van der Waals surface area contributed by atoms with Crippen LogP contribution in [0.2, 0.25) is 0 Å². The van der Waals surface area contributed by atoms with E-state index in [0.29, 0.717) is 26.2 Å². The number of carbonyl (C=O) groups is 1. The molecule has 0 saturated carbocycles. The van der Waals surface area contributed by atoms with E-state index in [0.717, 1.165) is 0 Å². The largest absolute Gasteiger partial charge is 0.465 e. The van der Waals surface area contributed by atoms with E-state index in [9.17, 15) is 9.90 Å². The zero-order chi connectivity index (χ0) is 13.1. The fourth-order valence-corrected chi connectivity index (χ4v) is 1.98. The Kier molecular flexibility index (Phi) is 4.73. The molecule has 1 aliphatic heterocycles. The molecule has 6 nitrogen and oxygen atoms in total. The van der Waals surface area contributed by atoms with Gasteiger partial charge in [0.2, 0.25) is 0 Å². The minimum absolute atomic E-state index is 0.262. The normalized spacial score (nSPS) is 25.6. The number of rotatable bonds is 3. The summed E-state index contributed by atoms with van der Waals surface area (Å²) in [7, 11) is 0. The van der Waals surface area contributed by atoms with Gasteiger partial charge in [-0.25, -0.2) is 4.79 Å². The maximum atomic E-state index is 11.2. The minimum atomic E-state index is -0.952. The molecule has 17 heavy (non-hydrogen) atoms. The van der Waals surface area contributed by atoms with Crippen molar-refractivity contribution >= 4 is 6.09 Å². The second-order valence-electron chi connectivity index (χ2n) is 5.15. The standard InChI is InChI=1S/C11H22N2O4/c1-11(2,3)13(10(14)15)8-6-16-9(4-5-12)17-7-8/h8-9H,4-7,12H2,1-3H3,(H,14,15). The Bertz CT molecular complexity index is 257. The highest BCUT2D eigenvalue weighted by molar-refractivity contribution is 5.66. The molecule has 0 radical (unpaired) electrons. The molecule has 1 aliphatic rings. The average molecular weight is 246 g/mol. The van der Waals surface area contributed by atoms with Gasteiger partial charge in [0.25, 0.3) is 0 Å². The van der Waals surface area contributed by atoms with E-state index in [1.807, 2.05) is 20.8 Å². The molecule has 0 bridgehead atoms. The van der Waals surface area contributed by atoms with E-state index in [1.165, 1.54) is 4.90 Å². The molecule has 100 valence electrons. The van der Waals surface area contributed by atoms with Crippen LogP contribution in [0.5, 0.6) is 0 Å². The molecule has 1 amide bonds. The molecule has 0 aromatic heterocycles. The van der Waals surface area contributed by atoms with Crippen LogP contribution in [-0.2, 0) is 9.47 Å². The average Bonchev–Trinajstić information content (AvgIpc) is 2.18. The first-order chi connectivity index (χ1) is 7.86. The van der Waals surface area contributed by atoms with Crippen molar-refractivity contribution in [3.8, 4) is 0 Å². The van der Waals surface area contributed by atoms with Crippen molar-refractivity contribution in [2.45, 2.75) is 45.1 Å². The monoisotopic (exact) mass is 246 g/mol. The van der Waals surface area contributed by atoms with Crippen molar-refractivity contribution in [2.75, 3.05) is 19.8 Å². The first-order valence-electron chi connectivity index (χ1n) is 5.81. The predicted molar refractivity (Wildman–Crippen MR) is 62.8 cm³/mol. The molecule has 0 unspecified atom stereocenters. The highest BCUT2D eigenvalue weighted by Crippen LogP contribution is 2.21. The molecule has 1 rings (SSSR count). The Morgan fingerprint density at radius 2 is 1.94 bits per heavy atom. The number of hydrogen-bond donors (Lipinski definition) is 2. The fraction of sp³-hybridized carbons (Fsp3) is 0.909. The lowest BCUT2D eigenvalue weighted by molar-refractivity contribution is -0.208. The van der Waals surface area contributed by atoms with Gasteiger partial charge in [0.15, 0.2) is 6.29 Å². The van der Waals surface area contributed by atoms with Crippen molar-refractivity contribution in [3.05, 3.63) is 0 Å².